The second-order valence-electron chi connectivity index (χ2n) is 3.41. The normalized spacial score (nSPS) is 23.9. The molecule has 1 fully saturated rings. The van der Waals surface area contributed by atoms with Crippen LogP contribution in [0.5, 0.6) is 0 Å². The first-order chi connectivity index (χ1) is 7.03. The van der Waals surface area contributed by atoms with Gasteiger partial charge in [0.15, 0.2) is 4.91 Å². The first-order valence-corrected chi connectivity index (χ1v) is 6.03. The van der Waals surface area contributed by atoms with Crippen molar-refractivity contribution in [3.8, 4) is 0 Å². The van der Waals surface area contributed by atoms with Crippen LogP contribution < -0.4 is 0 Å². The summed E-state index contributed by atoms with van der Waals surface area (Å²) in [4.78, 5) is 15.3. The second kappa shape index (κ2) is 3.34. The molecule has 0 aromatic heterocycles. The zero-order valence-electron chi connectivity index (χ0n) is 7.88. The minimum absolute atomic E-state index is 0.114. The molecule has 0 spiro atoms. The van der Waals surface area contributed by atoms with Crippen LogP contribution in [0.1, 0.15) is 12.8 Å². The van der Waals surface area contributed by atoms with E-state index in [0.717, 1.165) is 19.0 Å². The van der Waals surface area contributed by atoms with Crippen molar-refractivity contribution in [3.05, 3.63) is 11.1 Å². The number of hydrogen-bond acceptors (Lipinski definition) is 5. The van der Waals surface area contributed by atoms with E-state index in [0.29, 0.717) is 13.1 Å². The number of carboxylic acid groups (broad SMARTS) is 1. The fourth-order valence-corrected chi connectivity index (χ4v) is 3.01. The van der Waals surface area contributed by atoms with E-state index < -0.39 is 20.7 Å². The highest BCUT2D eigenvalue weighted by Crippen LogP contribution is 2.22. The van der Waals surface area contributed by atoms with Crippen LogP contribution in [0.15, 0.2) is 16.1 Å². The minimum atomic E-state index is -3.87. The molecule has 7 heteroatoms. The number of nitrogens with zero attached hydrogens (tertiary/aromatic N) is 2. The highest BCUT2D eigenvalue weighted by molar-refractivity contribution is 8.10. The topological polar surface area (TPSA) is 87.0 Å². The van der Waals surface area contributed by atoms with Gasteiger partial charge in [-0.1, -0.05) is 0 Å². The van der Waals surface area contributed by atoms with Crippen LogP contribution in [0, 0.1) is 0 Å². The fraction of sp³-hybridized carbons (Fsp3) is 0.500. The summed E-state index contributed by atoms with van der Waals surface area (Å²) in [5, 5.41) is 8.56. The molecule has 82 valence electrons. The van der Waals surface area contributed by atoms with Gasteiger partial charge in [0.05, 0.1) is 6.20 Å². The molecular formula is C8H10N2O4S. The highest BCUT2D eigenvalue weighted by Gasteiger charge is 2.38. The zero-order chi connectivity index (χ0) is 11.1. The average Bonchev–Trinajstić information content (AvgIpc) is 2.70. The molecule has 1 N–H and O–H groups in total. The molecule has 0 aromatic rings. The Morgan fingerprint density at radius 1 is 1.40 bits per heavy atom. The number of aliphatic imine (C=N–C) groups is 1. The van der Waals surface area contributed by atoms with Crippen molar-refractivity contribution < 1.29 is 18.3 Å². The van der Waals surface area contributed by atoms with Crippen molar-refractivity contribution in [1.29, 1.82) is 0 Å². The Hall–Kier alpha value is -1.37. The molecule has 1 saturated heterocycles. The molecule has 0 atom stereocenters. The van der Waals surface area contributed by atoms with E-state index in [4.69, 9.17) is 5.11 Å². The van der Waals surface area contributed by atoms with Gasteiger partial charge in [-0.2, -0.15) is 0 Å². The third-order valence-electron chi connectivity index (χ3n) is 2.41. The van der Waals surface area contributed by atoms with Gasteiger partial charge in [-0.3, -0.25) is 0 Å². The first kappa shape index (κ1) is 10.2. The molecule has 15 heavy (non-hydrogen) atoms. The van der Waals surface area contributed by atoms with Crippen LogP contribution in [-0.4, -0.2) is 42.7 Å². The van der Waals surface area contributed by atoms with Gasteiger partial charge in [-0.15, -0.1) is 0 Å². The molecule has 0 bridgehead atoms. The summed E-state index contributed by atoms with van der Waals surface area (Å²) in [6.07, 6.45) is 2.74. The summed E-state index contributed by atoms with van der Waals surface area (Å²) in [7, 11) is -3.87. The molecule has 0 unspecified atom stereocenters. The molecule has 2 aliphatic rings. The van der Waals surface area contributed by atoms with E-state index in [1.807, 2.05) is 0 Å². The number of aliphatic carboxylic acids is 1. The highest BCUT2D eigenvalue weighted by atomic mass is 32.2. The number of carboxylic acids is 1. The molecule has 2 rings (SSSR count). The Morgan fingerprint density at radius 2 is 2.00 bits per heavy atom. The van der Waals surface area contributed by atoms with Gasteiger partial charge in [0.2, 0.25) is 15.0 Å². The smallest absolute Gasteiger partial charge is 0.349 e. The Morgan fingerprint density at radius 3 is 2.47 bits per heavy atom. The Balaban J connectivity index is 2.30. The molecule has 0 aromatic carbocycles. The predicted molar refractivity (Wildman–Crippen MR) is 52.9 cm³/mol. The maximum Gasteiger partial charge on any atom is 0.349 e. The number of rotatable bonds is 1. The van der Waals surface area contributed by atoms with Crippen molar-refractivity contribution in [1.82, 2.24) is 4.90 Å². The molecule has 0 aliphatic carbocycles. The van der Waals surface area contributed by atoms with E-state index >= 15 is 0 Å². The van der Waals surface area contributed by atoms with E-state index in [1.54, 1.807) is 4.90 Å². The van der Waals surface area contributed by atoms with Crippen LogP contribution >= 0.6 is 0 Å². The SMILES string of the molecule is O=C(O)C1=CN=C(N2CCCC2)S1(=O)=O. The largest absolute Gasteiger partial charge is 0.477 e. The summed E-state index contributed by atoms with van der Waals surface area (Å²) >= 11 is 0. The van der Waals surface area contributed by atoms with E-state index in [9.17, 15) is 13.2 Å². The Kier molecular flexibility index (Phi) is 2.26. The quantitative estimate of drug-likeness (QED) is 0.673. The zero-order valence-corrected chi connectivity index (χ0v) is 8.70. The number of sulfone groups is 1. The van der Waals surface area contributed by atoms with Crippen LogP contribution in [0.3, 0.4) is 0 Å². The number of likely N-dealkylation sites (tertiary alicyclic amines) is 1. The van der Waals surface area contributed by atoms with Crippen molar-refractivity contribution in [2.75, 3.05) is 13.1 Å². The van der Waals surface area contributed by atoms with Crippen LogP contribution in [0.4, 0.5) is 0 Å². The molecule has 2 aliphatic heterocycles. The number of carbonyl (C=O) groups is 1. The predicted octanol–water partition coefficient (Wildman–Crippen LogP) is -0.207. The number of amidine groups is 1. The van der Waals surface area contributed by atoms with Gasteiger partial charge >= 0.3 is 5.97 Å². The Bertz CT molecular complexity index is 457. The van der Waals surface area contributed by atoms with Gasteiger partial charge in [-0.05, 0) is 12.8 Å². The van der Waals surface area contributed by atoms with Crippen LogP contribution in [0.2, 0.25) is 0 Å². The molecule has 0 amide bonds. The molecule has 2 heterocycles. The van der Waals surface area contributed by atoms with Gasteiger partial charge in [0, 0.05) is 13.1 Å². The fourth-order valence-electron chi connectivity index (χ4n) is 1.68. The minimum Gasteiger partial charge on any atom is -0.477 e. The van der Waals surface area contributed by atoms with E-state index in [1.165, 1.54) is 0 Å². The van der Waals surface area contributed by atoms with E-state index in [2.05, 4.69) is 4.99 Å². The maximum atomic E-state index is 11.7. The molecule has 0 saturated carbocycles. The molecule has 6 nitrogen and oxygen atoms in total. The second-order valence-corrected chi connectivity index (χ2v) is 5.22. The van der Waals surface area contributed by atoms with E-state index in [-0.39, 0.29) is 5.17 Å². The lowest BCUT2D eigenvalue weighted by molar-refractivity contribution is -0.131. The number of hydrogen-bond donors (Lipinski definition) is 1. The van der Waals surface area contributed by atoms with Gasteiger partial charge in [-0.25, -0.2) is 18.2 Å². The van der Waals surface area contributed by atoms with Crippen molar-refractivity contribution >= 4 is 21.0 Å². The summed E-state index contributed by atoms with van der Waals surface area (Å²) in [6.45, 7) is 1.25. The van der Waals surface area contributed by atoms with Crippen molar-refractivity contribution in [2.24, 2.45) is 4.99 Å². The maximum absolute atomic E-state index is 11.7. The average molecular weight is 230 g/mol. The molecular weight excluding hydrogens is 220 g/mol. The van der Waals surface area contributed by atoms with Gasteiger partial charge in [0.1, 0.15) is 0 Å². The summed E-state index contributed by atoms with van der Waals surface area (Å²) in [6, 6.07) is 0. The Labute approximate surface area is 86.8 Å². The summed E-state index contributed by atoms with van der Waals surface area (Å²) < 4.78 is 23.4. The lowest BCUT2D eigenvalue weighted by atomic mass is 10.4. The summed E-state index contributed by atoms with van der Waals surface area (Å²) in [5.41, 5.74) is 0. The van der Waals surface area contributed by atoms with Crippen molar-refractivity contribution in [3.63, 3.8) is 0 Å². The van der Waals surface area contributed by atoms with Gasteiger partial charge < -0.3 is 10.0 Å². The molecule has 0 radical (unpaired) electrons. The van der Waals surface area contributed by atoms with Crippen molar-refractivity contribution in [2.45, 2.75) is 12.8 Å². The van der Waals surface area contributed by atoms with Gasteiger partial charge in [0.25, 0.3) is 0 Å². The standard InChI is InChI=1S/C8H10N2O4S/c11-7(12)6-5-9-8(15(6,13)14)10-3-1-2-4-10/h5H,1-4H2,(H,11,12). The van der Waals surface area contributed by atoms with Crippen LogP contribution in [-0.2, 0) is 14.6 Å². The summed E-state index contributed by atoms with van der Waals surface area (Å²) in [5.74, 6) is -1.45. The lowest BCUT2D eigenvalue weighted by Crippen LogP contribution is -2.34. The monoisotopic (exact) mass is 230 g/mol. The van der Waals surface area contributed by atoms with Crippen LogP contribution in [0.25, 0.3) is 0 Å². The first-order valence-electron chi connectivity index (χ1n) is 4.55. The third kappa shape index (κ3) is 1.52. The third-order valence-corrected chi connectivity index (χ3v) is 4.11. The lowest BCUT2D eigenvalue weighted by Gasteiger charge is -2.16.